The van der Waals surface area contributed by atoms with Gasteiger partial charge in [0.05, 0.1) is 0 Å². The van der Waals surface area contributed by atoms with Crippen LogP contribution >= 0.6 is 11.5 Å². The quantitative estimate of drug-likeness (QED) is 0.919. The van der Waals surface area contributed by atoms with E-state index in [-0.39, 0.29) is 5.91 Å². The van der Waals surface area contributed by atoms with Crippen molar-refractivity contribution in [1.82, 2.24) is 14.3 Å². The van der Waals surface area contributed by atoms with Gasteiger partial charge in [-0.3, -0.25) is 4.79 Å². The summed E-state index contributed by atoms with van der Waals surface area (Å²) in [7, 11) is 0. The average Bonchev–Trinajstić information content (AvgIpc) is 3.10. The van der Waals surface area contributed by atoms with Gasteiger partial charge >= 0.3 is 0 Å². The van der Waals surface area contributed by atoms with E-state index in [9.17, 15) is 4.79 Å². The molecule has 1 aliphatic rings. The summed E-state index contributed by atoms with van der Waals surface area (Å²) in [5.74, 6) is 0.975. The highest BCUT2D eigenvalue weighted by Gasteiger charge is 2.23. The van der Waals surface area contributed by atoms with Crippen molar-refractivity contribution >= 4 is 22.6 Å². The lowest BCUT2D eigenvalue weighted by Crippen LogP contribution is -2.48. The first-order valence-corrected chi connectivity index (χ1v) is 8.64. The molecule has 1 aromatic heterocycles. The van der Waals surface area contributed by atoms with Gasteiger partial charge in [0.1, 0.15) is 5.82 Å². The first kappa shape index (κ1) is 15.9. The maximum atomic E-state index is 12.5. The first-order chi connectivity index (χ1) is 11.2. The molecule has 1 amide bonds. The minimum atomic E-state index is 0.0831. The third-order valence-electron chi connectivity index (χ3n) is 4.05. The predicted molar refractivity (Wildman–Crippen MR) is 91.7 cm³/mol. The van der Waals surface area contributed by atoms with Crippen molar-refractivity contribution in [3.05, 3.63) is 41.2 Å². The SMILES string of the molecule is CCc1nsc(N2CCN(C(=O)c3ccc(CN)cc3)CC2)n1. The third-order valence-corrected chi connectivity index (χ3v) is 4.86. The van der Waals surface area contributed by atoms with Gasteiger partial charge in [0, 0.05) is 56.2 Å². The number of carbonyl (C=O) groups excluding carboxylic acids is 1. The van der Waals surface area contributed by atoms with Crippen LogP contribution in [0.15, 0.2) is 24.3 Å². The number of hydrogen-bond acceptors (Lipinski definition) is 6. The monoisotopic (exact) mass is 331 g/mol. The van der Waals surface area contributed by atoms with E-state index in [0.717, 1.165) is 41.6 Å². The zero-order chi connectivity index (χ0) is 16.2. The second-order valence-electron chi connectivity index (χ2n) is 5.53. The minimum Gasteiger partial charge on any atom is -0.343 e. The smallest absolute Gasteiger partial charge is 0.253 e. The van der Waals surface area contributed by atoms with Crippen LogP contribution in [0.5, 0.6) is 0 Å². The zero-order valence-corrected chi connectivity index (χ0v) is 14.1. The summed E-state index contributed by atoms with van der Waals surface area (Å²) in [6.07, 6.45) is 0.855. The number of anilines is 1. The van der Waals surface area contributed by atoms with E-state index in [1.165, 1.54) is 11.5 Å². The molecule has 1 aromatic carbocycles. The predicted octanol–water partition coefficient (Wildman–Crippen LogP) is 1.52. The molecular formula is C16H21N5OS. The summed E-state index contributed by atoms with van der Waals surface area (Å²) in [5.41, 5.74) is 7.35. The lowest BCUT2D eigenvalue weighted by molar-refractivity contribution is 0.0746. The van der Waals surface area contributed by atoms with E-state index in [1.807, 2.05) is 29.2 Å². The van der Waals surface area contributed by atoms with E-state index in [4.69, 9.17) is 5.73 Å². The van der Waals surface area contributed by atoms with Crippen LogP contribution in [0.3, 0.4) is 0 Å². The topological polar surface area (TPSA) is 75.4 Å². The normalized spacial score (nSPS) is 15.0. The Bertz CT molecular complexity index is 661. The number of piperazine rings is 1. The number of carbonyl (C=O) groups is 1. The summed E-state index contributed by atoms with van der Waals surface area (Å²) in [6, 6.07) is 7.54. The van der Waals surface area contributed by atoms with Gasteiger partial charge in [0.15, 0.2) is 0 Å². The van der Waals surface area contributed by atoms with Crippen molar-refractivity contribution in [2.75, 3.05) is 31.1 Å². The largest absolute Gasteiger partial charge is 0.343 e. The number of rotatable bonds is 4. The Morgan fingerprint density at radius 3 is 2.48 bits per heavy atom. The van der Waals surface area contributed by atoms with Crippen molar-refractivity contribution in [1.29, 1.82) is 0 Å². The number of nitrogens with two attached hydrogens (primary N) is 1. The molecule has 0 bridgehead atoms. The lowest BCUT2D eigenvalue weighted by atomic mass is 10.1. The summed E-state index contributed by atoms with van der Waals surface area (Å²) >= 11 is 1.44. The van der Waals surface area contributed by atoms with Gasteiger partial charge in [-0.15, -0.1) is 0 Å². The zero-order valence-electron chi connectivity index (χ0n) is 13.2. The fourth-order valence-electron chi connectivity index (χ4n) is 2.58. The Morgan fingerprint density at radius 2 is 1.91 bits per heavy atom. The molecule has 1 saturated heterocycles. The van der Waals surface area contributed by atoms with Crippen molar-refractivity contribution in [2.24, 2.45) is 5.73 Å². The number of nitrogens with zero attached hydrogens (tertiary/aromatic N) is 4. The molecule has 0 atom stereocenters. The van der Waals surface area contributed by atoms with E-state index in [0.29, 0.717) is 19.6 Å². The fraction of sp³-hybridized carbons (Fsp3) is 0.438. The molecule has 2 N–H and O–H groups in total. The van der Waals surface area contributed by atoms with Gasteiger partial charge in [-0.1, -0.05) is 19.1 Å². The van der Waals surface area contributed by atoms with Gasteiger partial charge in [-0.05, 0) is 17.7 Å². The van der Waals surface area contributed by atoms with Crippen molar-refractivity contribution < 1.29 is 4.79 Å². The minimum absolute atomic E-state index is 0.0831. The van der Waals surface area contributed by atoms with E-state index < -0.39 is 0 Å². The molecule has 0 radical (unpaired) electrons. The molecule has 1 fully saturated rings. The molecular weight excluding hydrogens is 310 g/mol. The van der Waals surface area contributed by atoms with Crippen LogP contribution in [0, 0.1) is 0 Å². The molecule has 7 heteroatoms. The van der Waals surface area contributed by atoms with Crippen LogP contribution < -0.4 is 10.6 Å². The summed E-state index contributed by atoms with van der Waals surface area (Å²) in [6.45, 7) is 5.56. The maximum Gasteiger partial charge on any atom is 0.253 e. The highest BCUT2D eigenvalue weighted by atomic mass is 32.1. The van der Waals surface area contributed by atoms with Crippen LogP contribution in [0.25, 0.3) is 0 Å². The molecule has 0 spiro atoms. The fourth-order valence-corrected chi connectivity index (χ4v) is 3.38. The third kappa shape index (κ3) is 3.51. The van der Waals surface area contributed by atoms with Crippen molar-refractivity contribution in [3.8, 4) is 0 Å². The molecule has 1 aliphatic heterocycles. The molecule has 3 rings (SSSR count). The van der Waals surface area contributed by atoms with E-state index in [2.05, 4.69) is 21.2 Å². The second kappa shape index (κ2) is 7.06. The number of benzene rings is 1. The molecule has 0 unspecified atom stereocenters. The molecule has 0 saturated carbocycles. The van der Waals surface area contributed by atoms with Crippen LogP contribution in [-0.2, 0) is 13.0 Å². The molecule has 2 aromatic rings. The van der Waals surface area contributed by atoms with Crippen LogP contribution in [-0.4, -0.2) is 46.3 Å². The summed E-state index contributed by atoms with van der Waals surface area (Å²) in [4.78, 5) is 21.2. The average molecular weight is 331 g/mol. The van der Waals surface area contributed by atoms with Crippen LogP contribution in [0.4, 0.5) is 5.13 Å². The van der Waals surface area contributed by atoms with Gasteiger partial charge in [-0.25, -0.2) is 4.98 Å². The Hall–Kier alpha value is -1.99. The number of hydrogen-bond donors (Lipinski definition) is 1. The van der Waals surface area contributed by atoms with E-state index >= 15 is 0 Å². The Labute approximate surface area is 140 Å². The van der Waals surface area contributed by atoms with Crippen molar-refractivity contribution in [3.63, 3.8) is 0 Å². The van der Waals surface area contributed by atoms with E-state index in [1.54, 1.807) is 0 Å². The van der Waals surface area contributed by atoms with Gasteiger partial charge in [0.25, 0.3) is 5.91 Å². The van der Waals surface area contributed by atoms with Gasteiger partial charge < -0.3 is 15.5 Å². The Balaban J connectivity index is 1.60. The van der Waals surface area contributed by atoms with Crippen LogP contribution in [0.1, 0.15) is 28.7 Å². The molecule has 23 heavy (non-hydrogen) atoms. The lowest BCUT2D eigenvalue weighted by Gasteiger charge is -2.34. The number of amides is 1. The Morgan fingerprint density at radius 1 is 1.22 bits per heavy atom. The molecule has 6 nitrogen and oxygen atoms in total. The highest BCUT2D eigenvalue weighted by Crippen LogP contribution is 2.20. The van der Waals surface area contributed by atoms with Crippen LogP contribution in [0.2, 0.25) is 0 Å². The van der Waals surface area contributed by atoms with Gasteiger partial charge in [-0.2, -0.15) is 4.37 Å². The number of aryl methyl sites for hydroxylation is 1. The van der Waals surface area contributed by atoms with Crippen molar-refractivity contribution in [2.45, 2.75) is 19.9 Å². The molecule has 122 valence electrons. The standard InChI is InChI=1S/C16H21N5OS/c1-2-14-18-16(23-19-14)21-9-7-20(8-10-21)15(22)13-5-3-12(11-17)4-6-13/h3-6H,2,7-11,17H2,1H3. The molecule has 0 aliphatic carbocycles. The first-order valence-electron chi connectivity index (χ1n) is 7.87. The van der Waals surface area contributed by atoms with Gasteiger partial charge in [0.2, 0.25) is 5.13 Å². The number of aromatic nitrogens is 2. The summed E-state index contributed by atoms with van der Waals surface area (Å²) < 4.78 is 4.33. The summed E-state index contributed by atoms with van der Waals surface area (Å²) in [5, 5.41) is 0.959. The highest BCUT2D eigenvalue weighted by molar-refractivity contribution is 7.09. The Kier molecular flexibility index (Phi) is 4.88. The second-order valence-corrected chi connectivity index (χ2v) is 6.26. The molecule has 2 heterocycles. The maximum absolute atomic E-state index is 12.5.